The summed E-state index contributed by atoms with van der Waals surface area (Å²) < 4.78 is 0. The summed E-state index contributed by atoms with van der Waals surface area (Å²) in [5, 5.41) is 27.9. The van der Waals surface area contributed by atoms with E-state index < -0.39 is 6.10 Å². The third-order valence-electron chi connectivity index (χ3n) is 2.26. The van der Waals surface area contributed by atoms with Gasteiger partial charge >= 0.3 is 0 Å². The molecule has 2 atom stereocenters. The van der Waals surface area contributed by atoms with Gasteiger partial charge in [0, 0.05) is 6.54 Å². The molecular weight excluding hydrogens is 146 g/mol. The van der Waals surface area contributed by atoms with Crippen molar-refractivity contribution in [2.75, 3.05) is 6.54 Å². The third kappa shape index (κ3) is 2.75. The van der Waals surface area contributed by atoms with Gasteiger partial charge in [-0.05, 0) is 18.8 Å². The van der Waals surface area contributed by atoms with Gasteiger partial charge in [0.2, 0.25) is 0 Å². The molecule has 11 heavy (non-hydrogen) atoms. The summed E-state index contributed by atoms with van der Waals surface area (Å²) >= 11 is 0. The second-order valence-corrected chi connectivity index (χ2v) is 3.15. The molecule has 1 rings (SSSR count). The van der Waals surface area contributed by atoms with Crippen molar-refractivity contribution < 1.29 is 10.3 Å². The predicted octanol–water partition coefficient (Wildman–Crippen LogP) is 0.726. The van der Waals surface area contributed by atoms with Crippen molar-refractivity contribution in [3.63, 3.8) is 0 Å². The van der Waals surface area contributed by atoms with Crippen LogP contribution in [0.25, 0.3) is 0 Å². The molecule has 0 bridgehead atoms. The predicted molar refractivity (Wildman–Crippen MR) is 39.8 cm³/mol. The summed E-state index contributed by atoms with van der Waals surface area (Å²) in [5.74, 6) is -0.0359. The van der Waals surface area contributed by atoms with Crippen molar-refractivity contribution in [1.82, 2.24) is 5.23 Å². The summed E-state index contributed by atoms with van der Waals surface area (Å²) in [6, 6.07) is 0. The molecule has 0 aromatic heterocycles. The first-order valence-electron chi connectivity index (χ1n) is 4.02. The fourth-order valence-corrected chi connectivity index (χ4v) is 1.60. The Labute approximate surface area is 66.0 Å². The van der Waals surface area contributed by atoms with Gasteiger partial charge in [-0.1, -0.05) is 12.8 Å². The molecule has 1 aliphatic rings. The van der Waals surface area contributed by atoms with Crippen LogP contribution in [0, 0.1) is 11.1 Å². The average Bonchev–Trinajstić information content (AvgIpc) is 1.93. The van der Waals surface area contributed by atoms with Crippen molar-refractivity contribution in [3.05, 3.63) is 5.21 Å². The largest absolute Gasteiger partial charge is 0.762 e. The summed E-state index contributed by atoms with van der Waals surface area (Å²) in [5.41, 5.74) is 0. The van der Waals surface area contributed by atoms with Crippen molar-refractivity contribution in [1.29, 1.82) is 0 Å². The fraction of sp³-hybridized carbons (Fsp3) is 1.00. The summed E-state index contributed by atoms with van der Waals surface area (Å²) in [7, 11) is 0. The van der Waals surface area contributed by atoms with Gasteiger partial charge in [0.05, 0.1) is 6.10 Å². The second-order valence-electron chi connectivity index (χ2n) is 3.15. The van der Waals surface area contributed by atoms with Gasteiger partial charge < -0.3 is 15.5 Å². The quantitative estimate of drug-likeness (QED) is 0.584. The van der Waals surface area contributed by atoms with Crippen LogP contribution in [-0.2, 0) is 0 Å². The van der Waals surface area contributed by atoms with Gasteiger partial charge in [-0.15, -0.1) is 0 Å². The lowest BCUT2D eigenvalue weighted by Gasteiger charge is -2.32. The summed E-state index contributed by atoms with van der Waals surface area (Å²) in [6.45, 7) is 0.0428. The van der Waals surface area contributed by atoms with Gasteiger partial charge in [0.15, 0.2) is 0 Å². The van der Waals surface area contributed by atoms with Crippen molar-refractivity contribution in [3.8, 4) is 0 Å². The highest BCUT2D eigenvalue weighted by molar-refractivity contribution is 4.75. The average molecular weight is 160 g/mol. The molecule has 0 aromatic carbocycles. The SMILES string of the molecule is [O-]N(O)CC1CCCCC1O. The minimum atomic E-state index is -0.396. The zero-order chi connectivity index (χ0) is 8.27. The highest BCUT2D eigenvalue weighted by Gasteiger charge is 2.22. The van der Waals surface area contributed by atoms with Crippen LogP contribution in [0.3, 0.4) is 0 Å². The number of nitrogens with zero attached hydrogens (tertiary/aromatic N) is 1. The van der Waals surface area contributed by atoms with Crippen LogP contribution < -0.4 is 0 Å². The Morgan fingerprint density at radius 2 is 2.00 bits per heavy atom. The molecule has 1 fully saturated rings. The van der Waals surface area contributed by atoms with Crippen LogP contribution in [0.5, 0.6) is 0 Å². The molecule has 0 radical (unpaired) electrons. The van der Waals surface area contributed by atoms with E-state index in [1.165, 1.54) is 0 Å². The minimum absolute atomic E-state index is 0.0359. The second kappa shape index (κ2) is 4.01. The molecular formula is C7H14NO3-. The van der Waals surface area contributed by atoms with Crippen molar-refractivity contribution >= 4 is 0 Å². The van der Waals surface area contributed by atoms with Crippen molar-refractivity contribution in [2.45, 2.75) is 31.8 Å². The third-order valence-corrected chi connectivity index (χ3v) is 2.26. The highest BCUT2D eigenvalue weighted by Crippen LogP contribution is 2.24. The van der Waals surface area contributed by atoms with E-state index in [1.54, 1.807) is 0 Å². The monoisotopic (exact) mass is 160 g/mol. The number of rotatable bonds is 2. The van der Waals surface area contributed by atoms with E-state index in [0.29, 0.717) is 0 Å². The van der Waals surface area contributed by atoms with Crippen LogP contribution in [0.4, 0.5) is 0 Å². The Bertz CT molecular complexity index is 118. The summed E-state index contributed by atoms with van der Waals surface area (Å²) in [6.07, 6.45) is 3.29. The first-order valence-corrected chi connectivity index (χ1v) is 4.02. The van der Waals surface area contributed by atoms with Crippen LogP contribution in [0.2, 0.25) is 0 Å². The molecule has 66 valence electrons. The Kier molecular flexibility index (Phi) is 3.26. The molecule has 4 heteroatoms. The molecule has 2 unspecified atom stereocenters. The van der Waals surface area contributed by atoms with Gasteiger partial charge in [0.1, 0.15) is 0 Å². The van der Waals surface area contributed by atoms with E-state index >= 15 is 0 Å². The molecule has 1 aliphatic carbocycles. The molecule has 2 N–H and O–H groups in total. The minimum Gasteiger partial charge on any atom is -0.762 e. The van der Waals surface area contributed by atoms with E-state index in [-0.39, 0.29) is 17.7 Å². The molecule has 0 aromatic rings. The Balaban J connectivity index is 2.29. The van der Waals surface area contributed by atoms with Crippen LogP contribution in [-0.4, -0.2) is 28.2 Å². The van der Waals surface area contributed by atoms with Gasteiger partial charge in [0.25, 0.3) is 0 Å². The zero-order valence-electron chi connectivity index (χ0n) is 6.44. The van der Waals surface area contributed by atoms with Crippen LogP contribution in [0.15, 0.2) is 0 Å². The van der Waals surface area contributed by atoms with Gasteiger partial charge in [-0.2, -0.15) is 0 Å². The first-order chi connectivity index (χ1) is 5.20. The number of aliphatic hydroxyl groups excluding tert-OH is 1. The van der Waals surface area contributed by atoms with Gasteiger partial charge in [-0.25, -0.2) is 0 Å². The van der Waals surface area contributed by atoms with E-state index in [9.17, 15) is 10.3 Å². The number of aliphatic hydroxyl groups is 1. The lowest BCUT2D eigenvalue weighted by atomic mass is 9.87. The smallest absolute Gasteiger partial charge is 0.0581 e. The Hall–Kier alpha value is -0.160. The number of hydrogen-bond donors (Lipinski definition) is 2. The lowest BCUT2D eigenvalue weighted by Crippen LogP contribution is -2.32. The Morgan fingerprint density at radius 3 is 2.55 bits per heavy atom. The van der Waals surface area contributed by atoms with E-state index in [2.05, 4.69) is 0 Å². The lowest BCUT2D eigenvalue weighted by molar-refractivity contribution is -0.0744. The molecule has 0 amide bonds. The van der Waals surface area contributed by atoms with Crippen LogP contribution >= 0.6 is 0 Å². The van der Waals surface area contributed by atoms with E-state index in [1.807, 2.05) is 0 Å². The maximum absolute atomic E-state index is 10.2. The molecule has 0 aliphatic heterocycles. The highest BCUT2D eigenvalue weighted by atomic mass is 16.8. The van der Waals surface area contributed by atoms with E-state index in [0.717, 1.165) is 25.7 Å². The molecule has 4 nitrogen and oxygen atoms in total. The summed E-state index contributed by atoms with van der Waals surface area (Å²) in [4.78, 5) is 0. The normalized spacial score (nSPS) is 32.7. The fourth-order valence-electron chi connectivity index (χ4n) is 1.60. The van der Waals surface area contributed by atoms with E-state index in [4.69, 9.17) is 5.21 Å². The number of hydroxylamine groups is 2. The zero-order valence-corrected chi connectivity index (χ0v) is 6.44. The number of hydrogen-bond acceptors (Lipinski definition) is 4. The molecule has 0 heterocycles. The standard InChI is InChI=1S/C7H14NO3/c9-7-4-2-1-3-6(7)5-8(10)11/h6-7,9-10H,1-5H2/q-1. The molecule has 0 saturated heterocycles. The maximum atomic E-state index is 10.2. The van der Waals surface area contributed by atoms with Crippen LogP contribution in [0.1, 0.15) is 25.7 Å². The Morgan fingerprint density at radius 1 is 1.36 bits per heavy atom. The molecule has 1 saturated carbocycles. The van der Waals surface area contributed by atoms with Gasteiger partial charge in [-0.3, -0.25) is 5.23 Å². The topological polar surface area (TPSA) is 66.8 Å². The first kappa shape index (κ1) is 8.93. The molecule has 0 spiro atoms. The van der Waals surface area contributed by atoms with Crippen molar-refractivity contribution in [2.24, 2.45) is 5.92 Å². The maximum Gasteiger partial charge on any atom is 0.0581 e.